The van der Waals surface area contributed by atoms with Gasteiger partial charge in [0.25, 0.3) is 0 Å². The Hall–Kier alpha value is 0.400. The predicted molar refractivity (Wildman–Crippen MR) is 47.6 cm³/mol. The summed E-state index contributed by atoms with van der Waals surface area (Å²) >= 11 is 3.33. The van der Waals surface area contributed by atoms with E-state index in [0.717, 1.165) is 18.4 Å². The number of hydrogen-bond acceptors (Lipinski definition) is 2. The Morgan fingerprint density at radius 2 is 2.00 bits per heavy atom. The van der Waals surface area contributed by atoms with Crippen molar-refractivity contribution in [3.05, 3.63) is 0 Å². The lowest BCUT2D eigenvalue weighted by Gasteiger charge is -2.24. The molecule has 0 fully saturated rings. The summed E-state index contributed by atoms with van der Waals surface area (Å²) in [5, 5.41) is 10.3. The summed E-state index contributed by atoms with van der Waals surface area (Å²) in [5.41, 5.74) is -0.572. The van der Waals surface area contributed by atoms with Crippen molar-refractivity contribution >= 4 is 15.9 Å². The third-order valence-corrected chi connectivity index (χ3v) is 1.48. The second-order valence-corrected chi connectivity index (χ2v) is 4.03. The second kappa shape index (κ2) is 4.31. The van der Waals surface area contributed by atoms with Gasteiger partial charge in [0, 0.05) is 18.4 Å². The highest BCUT2D eigenvalue weighted by atomic mass is 79.9. The number of halogens is 1. The van der Waals surface area contributed by atoms with Crippen LogP contribution < -0.4 is 0 Å². The second-order valence-electron chi connectivity index (χ2n) is 3.24. The fourth-order valence-corrected chi connectivity index (χ4v) is 1.49. The summed E-state index contributed by atoms with van der Waals surface area (Å²) in [6.07, 6.45) is 0. The highest BCUT2D eigenvalue weighted by Crippen LogP contribution is 2.02. The van der Waals surface area contributed by atoms with Crippen LogP contribution in [0, 0.1) is 0 Å². The molecule has 0 rings (SSSR count). The van der Waals surface area contributed by atoms with Crippen molar-refractivity contribution in [3.63, 3.8) is 0 Å². The monoisotopic (exact) mass is 209 g/mol. The largest absolute Gasteiger partial charge is 0.389 e. The maximum absolute atomic E-state index is 9.36. The quantitative estimate of drug-likeness (QED) is 0.702. The molecule has 0 aliphatic carbocycles. The van der Waals surface area contributed by atoms with Crippen LogP contribution in [0.5, 0.6) is 0 Å². The lowest BCUT2D eigenvalue weighted by Crippen LogP contribution is -2.37. The van der Waals surface area contributed by atoms with Crippen molar-refractivity contribution in [1.82, 2.24) is 4.90 Å². The Balaban J connectivity index is 3.47. The van der Waals surface area contributed by atoms with Crippen LogP contribution in [-0.2, 0) is 0 Å². The van der Waals surface area contributed by atoms with Gasteiger partial charge in [-0.05, 0) is 20.9 Å². The van der Waals surface area contributed by atoms with E-state index >= 15 is 0 Å². The fourth-order valence-electron chi connectivity index (χ4n) is 0.884. The Bertz CT molecular complexity index is 90.1. The average Bonchev–Trinajstić information content (AvgIpc) is 1.59. The van der Waals surface area contributed by atoms with Crippen molar-refractivity contribution in [1.29, 1.82) is 0 Å². The number of hydrogen-bond donors (Lipinski definition) is 1. The van der Waals surface area contributed by atoms with Crippen LogP contribution in [0.15, 0.2) is 0 Å². The van der Waals surface area contributed by atoms with Gasteiger partial charge in [0.05, 0.1) is 5.60 Å². The predicted octanol–water partition coefficient (Wildman–Crippen LogP) is 1.08. The van der Waals surface area contributed by atoms with Gasteiger partial charge in [-0.2, -0.15) is 0 Å². The maximum atomic E-state index is 9.36. The van der Waals surface area contributed by atoms with E-state index in [2.05, 4.69) is 20.8 Å². The van der Waals surface area contributed by atoms with Crippen LogP contribution in [0.4, 0.5) is 0 Å². The smallest absolute Gasteiger partial charge is 0.0718 e. The lowest BCUT2D eigenvalue weighted by molar-refractivity contribution is 0.0465. The van der Waals surface area contributed by atoms with Crippen molar-refractivity contribution in [2.75, 3.05) is 25.5 Å². The topological polar surface area (TPSA) is 23.5 Å². The molecule has 3 heteroatoms. The summed E-state index contributed by atoms with van der Waals surface area (Å²) in [4.78, 5) is 2.09. The minimum Gasteiger partial charge on any atom is -0.389 e. The van der Waals surface area contributed by atoms with E-state index in [4.69, 9.17) is 0 Å². The molecule has 0 spiro atoms. The van der Waals surface area contributed by atoms with Crippen LogP contribution in [0.3, 0.4) is 0 Å². The van der Waals surface area contributed by atoms with E-state index in [0.29, 0.717) is 0 Å². The number of alkyl halides is 1. The molecule has 1 N–H and O–H groups in total. The van der Waals surface area contributed by atoms with Crippen molar-refractivity contribution in [2.45, 2.75) is 19.4 Å². The van der Waals surface area contributed by atoms with Gasteiger partial charge in [-0.1, -0.05) is 15.9 Å². The van der Waals surface area contributed by atoms with Crippen LogP contribution in [0.2, 0.25) is 0 Å². The standard InChI is InChI=1S/C7H16BrNO/c1-7(2,10)6-9(3)5-4-8/h10H,4-6H2,1-3H3. The zero-order chi connectivity index (χ0) is 8.20. The van der Waals surface area contributed by atoms with E-state index in [1.807, 2.05) is 20.9 Å². The van der Waals surface area contributed by atoms with Crippen molar-refractivity contribution in [3.8, 4) is 0 Å². The van der Waals surface area contributed by atoms with Gasteiger partial charge in [0.2, 0.25) is 0 Å². The van der Waals surface area contributed by atoms with Crippen LogP contribution in [-0.4, -0.2) is 41.1 Å². The summed E-state index contributed by atoms with van der Waals surface area (Å²) in [7, 11) is 2.00. The molecule has 0 radical (unpaired) electrons. The molecule has 0 bridgehead atoms. The summed E-state index contributed by atoms with van der Waals surface area (Å²) < 4.78 is 0. The van der Waals surface area contributed by atoms with E-state index in [-0.39, 0.29) is 0 Å². The molecular formula is C7H16BrNO. The molecule has 0 atom stereocenters. The Morgan fingerprint density at radius 1 is 1.50 bits per heavy atom. The average molecular weight is 210 g/mol. The van der Waals surface area contributed by atoms with E-state index < -0.39 is 5.60 Å². The summed E-state index contributed by atoms with van der Waals surface area (Å²) in [6.45, 7) is 5.33. The zero-order valence-corrected chi connectivity index (χ0v) is 8.48. The Kier molecular flexibility index (Phi) is 4.49. The third-order valence-electron chi connectivity index (χ3n) is 1.12. The van der Waals surface area contributed by atoms with Gasteiger partial charge < -0.3 is 10.0 Å². The number of nitrogens with zero attached hydrogens (tertiary/aromatic N) is 1. The SMILES string of the molecule is CN(CCBr)CC(C)(C)O. The summed E-state index contributed by atoms with van der Waals surface area (Å²) in [6, 6.07) is 0. The molecule has 0 saturated carbocycles. The van der Waals surface area contributed by atoms with E-state index in [1.165, 1.54) is 0 Å². The summed E-state index contributed by atoms with van der Waals surface area (Å²) in [5.74, 6) is 0. The van der Waals surface area contributed by atoms with Gasteiger partial charge in [0.1, 0.15) is 0 Å². The fraction of sp³-hybridized carbons (Fsp3) is 1.00. The lowest BCUT2D eigenvalue weighted by atomic mass is 10.1. The number of rotatable bonds is 4. The van der Waals surface area contributed by atoms with Gasteiger partial charge in [-0.15, -0.1) is 0 Å². The molecule has 0 heterocycles. The first kappa shape index (κ1) is 10.4. The van der Waals surface area contributed by atoms with Crippen LogP contribution in [0.1, 0.15) is 13.8 Å². The van der Waals surface area contributed by atoms with Crippen LogP contribution >= 0.6 is 15.9 Å². The van der Waals surface area contributed by atoms with Crippen molar-refractivity contribution < 1.29 is 5.11 Å². The Labute approximate surface area is 71.4 Å². The first-order valence-corrected chi connectivity index (χ1v) is 4.55. The van der Waals surface area contributed by atoms with E-state index in [9.17, 15) is 5.11 Å². The first-order valence-electron chi connectivity index (χ1n) is 3.42. The third kappa shape index (κ3) is 6.52. The molecule has 62 valence electrons. The molecule has 0 aromatic carbocycles. The molecule has 0 saturated heterocycles. The van der Waals surface area contributed by atoms with Gasteiger partial charge in [-0.3, -0.25) is 0 Å². The molecule has 0 aliphatic rings. The highest BCUT2D eigenvalue weighted by molar-refractivity contribution is 9.09. The Morgan fingerprint density at radius 3 is 2.30 bits per heavy atom. The molecule has 10 heavy (non-hydrogen) atoms. The maximum Gasteiger partial charge on any atom is 0.0718 e. The molecule has 0 amide bonds. The highest BCUT2D eigenvalue weighted by Gasteiger charge is 2.14. The molecule has 0 aliphatic heterocycles. The van der Waals surface area contributed by atoms with Gasteiger partial charge in [0.15, 0.2) is 0 Å². The molecule has 0 aromatic rings. The first-order chi connectivity index (χ1) is 4.45. The minimum atomic E-state index is -0.572. The normalized spacial score (nSPS) is 12.6. The zero-order valence-electron chi connectivity index (χ0n) is 6.89. The van der Waals surface area contributed by atoms with Gasteiger partial charge >= 0.3 is 0 Å². The van der Waals surface area contributed by atoms with E-state index in [1.54, 1.807) is 0 Å². The molecular weight excluding hydrogens is 194 g/mol. The molecule has 2 nitrogen and oxygen atoms in total. The minimum absolute atomic E-state index is 0.572. The van der Waals surface area contributed by atoms with Gasteiger partial charge in [-0.25, -0.2) is 0 Å². The molecule has 0 unspecified atom stereocenters. The number of aliphatic hydroxyl groups is 1. The van der Waals surface area contributed by atoms with Crippen molar-refractivity contribution in [2.24, 2.45) is 0 Å². The number of likely N-dealkylation sites (N-methyl/N-ethyl adjacent to an activating group) is 1. The molecule has 0 aromatic heterocycles. The van der Waals surface area contributed by atoms with Crippen LogP contribution in [0.25, 0.3) is 0 Å².